The first-order valence-corrected chi connectivity index (χ1v) is 8.41. The van der Waals surface area contributed by atoms with Gasteiger partial charge in [-0.2, -0.15) is 0 Å². The molecule has 8 nitrogen and oxygen atoms in total. The van der Waals surface area contributed by atoms with Gasteiger partial charge in [0.1, 0.15) is 0 Å². The van der Waals surface area contributed by atoms with E-state index >= 15 is 0 Å². The van der Waals surface area contributed by atoms with E-state index < -0.39 is 17.4 Å². The van der Waals surface area contributed by atoms with Gasteiger partial charge in [-0.15, -0.1) is 0 Å². The number of aliphatic hydroxyl groups excluding tert-OH is 1. The Kier molecular flexibility index (Phi) is 5.95. The molecule has 24 heavy (non-hydrogen) atoms. The second-order valence-corrected chi connectivity index (χ2v) is 6.23. The van der Waals surface area contributed by atoms with Crippen molar-refractivity contribution >= 4 is 11.2 Å². The first-order chi connectivity index (χ1) is 11.4. The molecule has 0 radical (unpaired) electrons. The van der Waals surface area contributed by atoms with Gasteiger partial charge in [0.05, 0.1) is 19.0 Å². The summed E-state index contributed by atoms with van der Waals surface area (Å²) in [5.74, 6) is 0. The van der Waals surface area contributed by atoms with E-state index in [1.54, 1.807) is 11.6 Å². The Morgan fingerprint density at radius 2 is 1.79 bits per heavy atom. The molecular formula is C16H27N5O3. The van der Waals surface area contributed by atoms with Crippen LogP contribution in [0.15, 0.2) is 15.9 Å². The lowest BCUT2D eigenvalue weighted by Gasteiger charge is -2.24. The lowest BCUT2D eigenvalue weighted by molar-refractivity contribution is 0.0986. The Labute approximate surface area is 141 Å². The van der Waals surface area contributed by atoms with Crippen molar-refractivity contribution in [2.75, 3.05) is 19.6 Å². The smallest absolute Gasteiger partial charge is 0.332 e. The van der Waals surface area contributed by atoms with Gasteiger partial charge in [-0.1, -0.05) is 13.8 Å². The van der Waals surface area contributed by atoms with E-state index in [-0.39, 0.29) is 6.54 Å². The largest absolute Gasteiger partial charge is 0.390 e. The zero-order valence-electron chi connectivity index (χ0n) is 14.9. The van der Waals surface area contributed by atoms with Crippen molar-refractivity contribution in [3.63, 3.8) is 0 Å². The minimum absolute atomic E-state index is 0.272. The van der Waals surface area contributed by atoms with E-state index in [2.05, 4.69) is 23.7 Å². The van der Waals surface area contributed by atoms with Crippen LogP contribution in [0, 0.1) is 0 Å². The van der Waals surface area contributed by atoms with Gasteiger partial charge >= 0.3 is 5.69 Å². The number of aliphatic hydroxyl groups is 1. The lowest BCUT2D eigenvalue weighted by atomic mass is 10.2. The zero-order chi connectivity index (χ0) is 17.9. The molecule has 0 fully saturated rings. The van der Waals surface area contributed by atoms with Gasteiger partial charge in [0.25, 0.3) is 5.56 Å². The summed E-state index contributed by atoms with van der Waals surface area (Å²) in [6.07, 6.45) is 2.97. The second kappa shape index (κ2) is 7.76. The lowest BCUT2D eigenvalue weighted by Crippen LogP contribution is -2.39. The van der Waals surface area contributed by atoms with Crippen LogP contribution in [0.4, 0.5) is 0 Å². The third-order valence-corrected chi connectivity index (χ3v) is 4.17. The van der Waals surface area contributed by atoms with Crippen molar-refractivity contribution in [3.8, 4) is 0 Å². The summed E-state index contributed by atoms with van der Waals surface area (Å²) in [5, 5.41) is 10.4. The predicted octanol–water partition coefficient (Wildman–Crippen LogP) is -0.0834. The van der Waals surface area contributed by atoms with Crippen LogP contribution in [-0.4, -0.2) is 54.4 Å². The minimum atomic E-state index is -0.609. The SMILES string of the molecule is CCCN(CCC)CC(O)Cn1cnc2c1c(=O)n(C)c(=O)n2C. The van der Waals surface area contributed by atoms with Crippen LogP contribution in [0.1, 0.15) is 26.7 Å². The molecule has 2 heterocycles. The molecule has 0 aromatic carbocycles. The van der Waals surface area contributed by atoms with Gasteiger partial charge in [-0.3, -0.25) is 13.9 Å². The highest BCUT2D eigenvalue weighted by molar-refractivity contribution is 5.69. The van der Waals surface area contributed by atoms with Crippen LogP contribution in [0.25, 0.3) is 11.2 Å². The maximum absolute atomic E-state index is 12.4. The molecule has 2 aromatic heterocycles. The summed E-state index contributed by atoms with van der Waals surface area (Å²) in [5.41, 5.74) is -0.113. The first kappa shape index (κ1) is 18.4. The molecule has 0 saturated carbocycles. The van der Waals surface area contributed by atoms with Crippen molar-refractivity contribution in [2.24, 2.45) is 14.1 Å². The number of hydrogen-bond acceptors (Lipinski definition) is 5. The highest BCUT2D eigenvalue weighted by Crippen LogP contribution is 2.07. The standard InChI is InChI=1S/C16H27N5O3/c1-5-7-20(8-6-2)9-12(22)10-21-11-17-14-13(21)15(23)19(4)16(24)18(14)3/h11-12,22H,5-10H2,1-4H3. The highest BCUT2D eigenvalue weighted by Gasteiger charge is 2.17. The molecular weight excluding hydrogens is 310 g/mol. The average Bonchev–Trinajstić information content (AvgIpc) is 2.95. The molecule has 1 unspecified atom stereocenters. The fraction of sp³-hybridized carbons (Fsp3) is 0.688. The Morgan fingerprint density at radius 1 is 1.17 bits per heavy atom. The third kappa shape index (κ3) is 3.59. The molecule has 2 aromatic rings. The maximum atomic E-state index is 12.4. The van der Waals surface area contributed by atoms with E-state index in [4.69, 9.17) is 0 Å². The Balaban J connectivity index is 2.27. The third-order valence-electron chi connectivity index (χ3n) is 4.17. The van der Waals surface area contributed by atoms with Gasteiger partial charge in [-0.25, -0.2) is 9.78 Å². The van der Waals surface area contributed by atoms with Crippen LogP contribution in [0.3, 0.4) is 0 Å². The van der Waals surface area contributed by atoms with Crippen molar-refractivity contribution < 1.29 is 5.11 Å². The molecule has 0 aliphatic rings. The van der Waals surface area contributed by atoms with Crippen molar-refractivity contribution in [3.05, 3.63) is 27.2 Å². The normalized spacial score (nSPS) is 13.1. The van der Waals surface area contributed by atoms with E-state index in [0.29, 0.717) is 17.7 Å². The van der Waals surface area contributed by atoms with Gasteiger partial charge in [0, 0.05) is 20.6 Å². The van der Waals surface area contributed by atoms with Crippen molar-refractivity contribution in [1.29, 1.82) is 0 Å². The molecule has 0 bridgehead atoms. The maximum Gasteiger partial charge on any atom is 0.332 e. The van der Waals surface area contributed by atoms with E-state index in [1.807, 2.05) is 0 Å². The van der Waals surface area contributed by atoms with Crippen LogP contribution in [0.5, 0.6) is 0 Å². The number of imidazole rings is 1. The summed E-state index contributed by atoms with van der Waals surface area (Å²) in [6, 6.07) is 0. The number of nitrogens with zero attached hydrogens (tertiary/aromatic N) is 5. The number of aromatic nitrogens is 4. The van der Waals surface area contributed by atoms with E-state index in [1.165, 1.54) is 17.9 Å². The number of aryl methyl sites for hydroxylation is 1. The number of rotatable bonds is 8. The number of hydrogen-bond donors (Lipinski definition) is 1. The average molecular weight is 337 g/mol. The van der Waals surface area contributed by atoms with E-state index in [0.717, 1.165) is 30.5 Å². The molecule has 134 valence electrons. The molecule has 2 rings (SSSR count). The van der Waals surface area contributed by atoms with Crippen LogP contribution in [0.2, 0.25) is 0 Å². The van der Waals surface area contributed by atoms with Crippen molar-refractivity contribution in [1.82, 2.24) is 23.6 Å². The van der Waals surface area contributed by atoms with Crippen molar-refractivity contribution in [2.45, 2.75) is 39.3 Å². The Bertz CT molecular complexity index is 798. The summed E-state index contributed by atoms with van der Waals surface area (Å²) in [6.45, 7) is 6.92. The monoisotopic (exact) mass is 337 g/mol. The van der Waals surface area contributed by atoms with E-state index in [9.17, 15) is 14.7 Å². The molecule has 1 atom stereocenters. The molecule has 1 N–H and O–H groups in total. The van der Waals surface area contributed by atoms with Gasteiger partial charge in [0.15, 0.2) is 11.2 Å². The van der Waals surface area contributed by atoms with Gasteiger partial charge in [-0.05, 0) is 25.9 Å². The Morgan fingerprint density at radius 3 is 2.38 bits per heavy atom. The van der Waals surface area contributed by atoms with Crippen LogP contribution < -0.4 is 11.2 Å². The van der Waals surface area contributed by atoms with Crippen LogP contribution >= 0.6 is 0 Å². The predicted molar refractivity (Wildman–Crippen MR) is 93.2 cm³/mol. The molecule has 8 heteroatoms. The van der Waals surface area contributed by atoms with Gasteiger partial charge < -0.3 is 14.6 Å². The quantitative estimate of drug-likeness (QED) is 0.728. The molecule has 0 amide bonds. The Hall–Kier alpha value is -1.93. The fourth-order valence-corrected chi connectivity index (χ4v) is 3.05. The fourth-order valence-electron chi connectivity index (χ4n) is 3.05. The second-order valence-electron chi connectivity index (χ2n) is 6.23. The molecule has 0 aliphatic carbocycles. The summed E-state index contributed by atoms with van der Waals surface area (Å²) in [7, 11) is 3.03. The topological polar surface area (TPSA) is 85.3 Å². The number of fused-ring (bicyclic) bond motifs is 1. The minimum Gasteiger partial charge on any atom is -0.390 e. The molecule has 0 saturated heterocycles. The molecule has 0 spiro atoms. The summed E-state index contributed by atoms with van der Waals surface area (Å²) < 4.78 is 4.05. The molecule has 0 aliphatic heterocycles. The van der Waals surface area contributed by atoms with Crippen LogP contribution in [-0.2, 0) is 20.6 Å². The summed E-state index contributed by atoms with van der Waals surface area (Å²) >= 11 is 0. The summed E-state index contributed by atoms with van der Waals surface area (Å²) in [4.78, 5) is 30.7. The van der Waals surface area contributed by atoms with Gasteiger partial charge in [0.2, 0.25) is 0 Å². The highest BCUT2D eigenvalue weighted by atomic mass is 16.3. The zero-order valence-corrected chi connectivity index (χ0v) is 14.9. The first-order valence-electron chi connectivity index (χ1n) is 8.41.